The van der Waals surface area contributed by atoms with E-state index in [1.165, 1.54) is 10.4 Å². The predicted octanol–water partition coefficient (Wildman–Crippen LogP) is 6.29. The molecule has 0 radical (unpaired) electrons. The predicted molar refractivity (Wildman–Crippen MR) is 121 cm³/mol. The summed E-state index contributed by atoms with van der Waals surface area (Å²) in [4.78, 5) is 14.7. The van der Waals surface area contributed by atoms with Crippen molar-refractivity contribution in [2.45, 2.75) is 38.1 Å². The van der Waals surface area contributed by atoms with Gasteiger partial charge in [0.25, 0.3) is 0 Å². The van der Waals surface area contributed by atoms with Crippen LogP contribution in [0.15, 0.2) is 77.3 Å². The molecule has 3 aromatic rings. The summed E-state index contributed by atoms with van der Waals surface area (Å²) >= 11 is 1.74. The molecule has 2 aromatic carbocycles. The summed E-state index contributed by atoms with van der Waals surface area (Å²) in [5.74, 6) is 0.490. The molecule has 3 nitrogen and oxygen atoms in total. The van der Waals surface area contributed by atoms with Gasteiger partial charge >= 0.3 is 0 Å². The van der Waals surface area contributed by atoms with Crippen molar-refractivity contribution in [1.29, 1.82) is 0 Å². The molecule has 0 saturated heterocycles. The van der Waals surface area contributed by atoms with Crippen molar-refractivity contribution in [2.75, 3.05) is 10.6 Å². The number of hydrogen-bond donors (Lipinski definition) is 2. The molecular weight excluding hydrogens is 376 g/mol. The molecule has 1 aliphatic heterocycles. The molecule has 0 spiro atoms. The fourth-order valence-corrected chi connectivity index (χ4v) is 5.24. The van der Waals surface area contributed by atoms with Crippen LogP contribution in [0.4, 0.5) is 11.4 Å². The van der Waals surface area contributed by atoms with Gasteiger partial charge in [-0.3, -0.25) is 4.79 Å². The van der Waals surface area contributed by atoms with Crippen LogP contribution in [0.25, 0.3) is 0 Å². The molecule has 4 heteroatoms. The van der Waals surface area contributed by atoms with Crippen LogP contribution in [0.5, 0.6) is 0 Å². The Labute approximate surface area is 175 Å². The molecule has 29 heavy (non-hydrogen) atoms. The van der Waals surface area contributed by atoms with Gasteiger partial charge in [-0.1, -0.05) is 49.4 Å². The van der Waals surface area contributed by atoms with Crippen LogP contribution in [-0.2, 0) is 11.2 Å². The quantitative estimate of drug-likeness (QED) is 0.543. The lowest BCUT2D eigenvalue weighted by Gasteiger charge is -2.29. The van der Waals surface area contributed by atoms with E-state index in [2.05, 4.69) is 71.5 Å². The van der Waals surface area contributed by atoms with E-state index in [-0.39, 0.29) is 17.7 Å². The number of para-hydroxylation sites is 2. The number of nitrogens with one attached hydrogen (secondary N) is 2. The summed E-state index contributed by atoms with van der Waals surface area (Å²) in [6, 6.07) is 21.0. The fourth-order valence-electron chi connectivity index (χ4n) is 4.41. The molecule has 0 unspecified atom stereocenters. The molecule has 5 rings (SSSR count). The van der Waals surface area contributed by atoms with Gasteiger partial charge in [0.2, 0.25) is 0 Å². The summed E-state index contributed by atoms with van der Waals surface area (Å²) in [5.41, 5.74) is 6.46. The normalized spacial score (nSPS) is 20.9. The Morgan fingerprint density at radius 2 is 1.76 bits per heavy atom. The zero-order chi connectivity index (χ0) is 19.8. The molecule has 2 aliphatic rings. The molecular formula is C25H24N2OS. The minimum atomic E-state index is -0.135. The van der Waals surface area contributed by atoms with Gasteiger partial charge < -0.3 is 10.6 Å². The maximum atomic E-state index is 13.4. The van der Waals surface area contributed by atoms with Crippen LogP contribution in [0.3, 0.4) is 0 Å². The molecule has 0 amide bonds. The Morgan fingerprint density at radius 3 is 2.48 bits per heavy atom. The maximum absolute atomic E-state index is 13.4. The zero-order valence-corrected chi connectivity index (χ0v) is 17.3. The first-order chi connectivity index (χ1) is 14.2. The average Bonchev–Trinajstić information content (AvgIpc) is 3.23. The summed E-state index contributed by atoms with van der Waals surface area (Å²) in [7, 11) is 0. The Hall–Kier alpha value is -2.85. The molecule has 2 N–H and O–H groups in total. The number of fused-ring (bicyclic) bond motifs is 1. The highest BCUT2D eigenvalue weighted by molar-refractivity contribution is 7.10. The number of rotatable bonds is 3. The van der Waals surface area contributed by atoms with Crippen LogP contribution in [0.2, 0.25) is 0 Å². The van der Waals surface area contributed by atoms with E-state index in [4.69, 9.17) is 0 Å². The highest BCUT2D eigenvalue weighted by Gasteiger charge is 2.36. The number of thiophene rings is 1. The van der Waals surface area contributed by atoms with Crippen LogP contribution < -0.4 is 10.6 Å². The van der Waals surface area contributed by atoms with Crippen molar-refractivity contribution in [1.82, 2.24) is 0 Å². The van der Waals surface area contributed by atoms with Gasteiger partial charge in [0.05, 0.1) is 17.4 Å². The van der Waals surface area contributed by atoms with Crippen molar-refractivity contribution in [3.05, 3.63) is 93.3 Å². The third-order valence-corrected chi connectivity index (χ3v) is 7.01. The zero-order valence-electron chi connectivity index (χ0n) is 16.4. The summed E-state index contributed by atoms with van der Waals surface area (Å²) in [6.45, 7) is 2.16. The van der Waals surface area contributed by atoms with Crippen LogP contribution in [0, 0.1) is 0 Å². The maximum Gasteiger partial charge on any atom is 0.163 e. The molecule has 0 saturated carbocycles. The van der Waals surface area contributed by atoms with Crippen molar-refractivity contribution < 1.29 is 4.79 Å². The smallest absolute Gasteiger partial charge is 0.163 e. The second kappa shape index (κ2) is 7.53. The number of Topliss-reactive ketones (excluding diaryl/α,β-unsaturated/α-hetero) is 1. The van der Waals surface area contributed by atoms with E-state index in [1.54, 1.807) is 11.3 Å². The van der Waals surface area contributed by atoms with Crippen molar-refractivity contribution in [3.8, 4) is 0 Å². The average molecular weight is 401 g/mol. The number of benzene rings is 2. The molecule has 0 bridgehead atoms. The standard InChI is InChI=1S/C25H24N2OS/c1-2-16-9-11-17(12-10-16)25-24-21(26-19-6-3-4-7-20(19)27-25)14-18(15-22(24)28)23-8-5-13-29-23/h3-13,18,25-27H,2,14-15H2,1H3/t18-,25-/m0/s1. The molecule has 2 atom stereocenters. The van der Waals surface area contributed by atoms with Gasteiger partial charge in [-0.15, -0.1) is 11.3 Å². The van der Waals surface area contributed by atoms with Crippen molar-refractivity contribution in [2.24, 2.45) is 0 Å². The Bertz CT molecular complexity index is 1070. The lowest BCUT2D eigenvalue weighted by atomic mass is 9.80. The molecule has 0 fully saturated rings. The van der Waals surface area contributed by atoms with Crippen molar-refractivity contribution in [3.63, 3.8) is 0 Å². The topological polar surface area (TPSA) is 41.1 Å². The van der Waals surface area contributed by atoms with Crippen molar-refractivity contribution >= 4 is 28.5 Å². The van der Waals surface area contributed by atoms with E-state index < -0.39 is 0 Å². The highest BCUT2D eigenvalue weighted by Crippen LogP contribution is 2.44. The van der Waals surface area contributed by atoms with Gasteiger partial charge in [0.15, 0.2) is 5.78 Å². The van der Waals surface area contributed by atoms with Gasteiger partial charge in [-0.25, -0.2) is 0 Å². The monoisotopic (exact) mass is 400 g/mol. The van der Waals surface area contributed by atoms with E-state index in [9.17, 15) is 4.79 Å². The SMILES string of the molecule is CCc1ccc([C@@H]2Nc3ccccc3NC3=C2C(=O)C[C@@H](c2cccs2)C3)cc1. The molecule has 1 aromatic heterocycles. The van der Waals surface area contributed by atoms with E-state index in [1.807, 2.05) is 12.1 Å². The number of ketones is 1. The molecule has 1 aliphatic carbocycles. The first kappa shape index (κ1) is 18.2. The number of carbonyl (C=O) groups is 1. The third kappa shape index (κ3) is 3.38. The number of allylic oxidation sites excluding steroid dienone is 1. The van der Waals surface area contributed by atoms with Crippen LogP contribution >= 0.6 is 11.3 Å². The lowest BCUT2D eigenvalue weighted by molar-refractivity contribution is -0.116. The minimum Gasteiger partial charge on any atom is -0.372 e. The second-order valence-electron chi connectivity index (χ2n) is 7.78. The third-order valence-electron chi connectivity index (χ3n) is 5.98. The number of aryl methyl sites for hydroxylation is 1. The largest absolute Gasteiger partial charge is 0.372 e. The second-order valence-corrected chi connectivity index (χ2v) is 8.76. The summed E-state index contributed by atoms with van der Waals surface area (Å²) in [5, 5.41) is 9.36. The Balaban J connectivity index is 1.60. The highest BCUT2D eigenvalue weighted by atomic mass is 32.1. The summed E-state index contributed by atoms with van der Waals surface area (Å²) in [6.07, 6.45) is 2.45. The van der Waals surface area contributed by atoms with Gasteiger partial charge in [0, 0.05) is 28.5 Å². The molecule has 2 heterocycles. The number of carbonyl (C=O) groups excluding carboxylic acids is 1. The summed E-state index contributed by atoms with van der Waals surface area (Å²) < 4.78 is 0. The van der Waals surface area contributed by atoms with E-state index in [0.29, 0.717) is 6.42 Å². The lowest BCUT2D eigenvalue weighted by Crippen LogP contribution is -2.26. The number of anilines is 2. The van der Waals surface area contributed by atoms with E-state index in [0.717, 1.165) is 41.1 Å². The van der Waals surface area contributed by atoms with E-state index >= 15 is 0 Å². The Morgan fingerprint density at radius 1 is 0.966 bits per heavy atom. The number of hydrogen-bond acceptors (Lipinski definition) is 4. The molecule has 146 valence electrons. The van der Waals surface area contributed by atoms with Crippen LogP contribution in [0.1, 0.15) is 47.7 Å². The minimum absolute atomic E-state index is 0.135. The Kier molecular flexibility index (Phi) is 4.72. The first-order valence-corrected chi connectivity index (χ1v) is 11.1. The van der Waals surface area contributed by atoms with Gasteiger partial charge in [-0.2, -0.15) is 0 Å². The first-order valence-electron chi connectivity index (χ1n) is 10.2. The van der Waals surface area contributed by atoms with Crippen LogP contribution in [-0.4, -0.2) is 5.78 Å². The van der Waals surface area contributed by atoms with Gasteiger partial charge in [-0.05, 0) is 47.5 Å². The fraction of sp³-hybridized carbons (Fsp3) is 0.240. The van der Waals surface area contributed by atoms with Gasteiger partial charge in [0.1, 0.15) is 0 Å².